The van der Waals surface area contributed by atoms with Gasteiger partial charge in [-0.1, -0.05) is 42.5 Å². The van der Waals surface area contributed by atoms with Crippen molar-refractivity contribution in [1.82, 2.24) is 14.7 Å². The molecule has 2 aliphatic heterocycles. The van der Waals surface area contributed by atoms with Crippen molar-refractivity contribution < 1.29 is 9.59 Å². The molecule has 170 valence electrons. The Bertz CT molecular complexity index is 932. The Hall–Kier alpha value is -2.70. The van der Waals surface area contributed by atoms with Gasteiger partial charge in [0.25, 0.3) is 0 Å². The van der Waals surface area contributed by atoms with Crippen molar-refractivity contribution in [3.8, 4) is 0 Å². The number of piperazine rings is 1. The van der Waals surface area contributed by atoms with E-state index in [0.717, 1.165) is 68.9 Å². The van der Waals surface area contributed by atoms with Crippen LogP contribution in [0.2, 0.25) is 0 Å². The van der Waals surface area contributed by atoms with Crippen molar-refractivity contribution in [2.24, 2.45) is 0 Å². The highest BCUT2D eigenvalue weighted by Crippen LogP contribution is 2.26. The Morgan fingerprint density at radius 1 is 0.875 bits per heavy atom. The third-order valence-electron chi connectivity index (χ3n) is 6.78. The fourth-order valence-corrected chi connectivity index (χ4v) is 4.71. The van der Waals surface area contributed by atoms with Crippen molar-refractivity contribution in [1.29, 1.82) is 0 Å². The molecule has 32 heavy (non-hydrogen) atoms. The van der Waals surface area contributed by atoms with Gasteiger partial charge in [-0.15, -0.1) is 0 Å². The lowest BCUT2D eigenvalue weighted by Gasteiger charge is -2.39. The van der Waals surface area contributed by atoms with Crippen LogP contribution in [0.5, 0.6) is 0 Å². The fourth-order valence-electron chi connectivity index (χ4n) is 4.71. The molecule has 2 aromatic rings. The molecule has 1 unspecified atom stereocenters. The summed E-state index contributed by atoms with van der Waals surface area (Å²) in [5.74, 6) is 0.231. The van der Waals surface area contributed by atoms with E-state index in [0.29, 0.717) is 6.54 Å². The maximum atomic E-state index is 13.4. The number of carbonyl (C=O) groups is 2. The number of likely N-dealkylation sites (tertiary alicyclic amines) is 1. The second kappa shape index (κ2) is 10.3. The normalized spacial score (nSPS) is 18.5. The number of nitrogens with one attached hydrogen (secondary N) is 1. The van der Waals surface area contributed by atoms with E-state index < -0.39 is 0 Å². The molecule has 1 atom stereocenters. The molecule has 2 saturated heterocycles. The number of aryl methyl sites for hydroxylation is 1. The molecule has 0 aliphatic carbocycles. The average Bonchev–Trinajstić information content (AvgIpc) is 3.34. The molecular weight excluding hydrogens is 400 g/mol. The van der Waals surface area contributed by atoms with Gasteiger partial charge >= 0.3 is 0 Å². The van der Waals surface area contributed by atoms with Crippen molar-refractivity contribution in [3.05, 3.63) is 65.2 Å². The average molecular weight is 435 g/mol. The van der Waals surface area contributed by atoms with Crippen molar-refractivity contribution in [2.75, 3.05) is 51.1 Å². The van der Waals surface area contributed by atoms with Crippen LogP contribution in [0.1, 0.15) is 35.6 Å². The van der Waals surface area contributed by atoms with Crippen LogP contribution in [0, 0.1) is 13.8 Å². The summed E-state index contributed by atoms with van der Waals surface area (Å²) in [7, 11) is 0. The lowest BCUT2D eigenvalue weighted by molar-refractivity contribution is -0.137. The fraction of sp³-hybridized carbons (Fsp3) is 0.462. The third-order valence-corrected chi connectivity index (χ3v) is 6.78. The number of amides is 2. The van der Waals surface area contributed by atoms with E-state index in [4.69, 9.17) is 0 Å². The Morgan fingerprint density at radius 3 is 2.25 bits per heavy atom. The SMILES string of the molecule is Cc1cccc(NC(=O)CN2CCN(C(C(=O)N3CCCC3)c3ccccc3)CC2)c1C. The van der Waals surface area contributed by atoms with Gasteiger partial charge in [0, 0.05) is 45.0 Å². The molecule has 6 nitrogen and oxygen atoms in total. The maximum absolute atomic E-state index is 13.4. The smallest absolute Gasteiger partial charge is 0.244 e. The zero-order valence-corrected chi connectivity index (χ0v) is 19.2. The zero-order valence-electron chi connectivity index (χ0n) is 19.2. The first-order valence-electron chi connectivity index (χ1n) is 11.7. The van der Waals surface area contributed by atoms with E-state index in [9.17, 15) is 9.59 Å². The molecule has 2 aromatic carbocycles. The number of rotatable bonds is 6. The number of anilines is 1. The molecule has 0 spiro atoms. The number of nitrogens with zero attached hydrogens (tertiary/aromatic N) is 3. The van der Waals surface area contributed by atoms with Crippen LogP contribution in [0.4, 0.5) is 5.69 Å². The largest absolute Gasteiger partial charge is 0.341 e. The highest BCUT2D eigenvalue weighted by molar-refractivity contribution is 5.93. The summed E-state index contributed by atoms with van der Waals surface area (Å²) >= 11 is 0. The lowest BCUT2D eigenvalue weighted by Crippen LogP contribution is -2.52. The van der Waals surface area contributed by atoms with Gasteiger partial charge < -0.3 is 10.2 Å². The molecule has 2 heterocycles. The summed E-state index contributed by atoms with van der Waals surface area (Å²) in [6.07, 6.45) is 2.19. The Balaban J connectivity index is 1.37. The van der Waals surface area contributed by atoms with E-state index in [2.05, 4.69) is 40.2 Å². The minimum Gasteiger partial charge on any atom is -0.341 e. The Labute approximate surface area is 191 Å². The molecule has 0 radical (unpaired) electrons. The van der Waals surface area contributed by atoms with E-state index in [1.165, 1.54) is 5.56 Å². The second-order valence-electron chi connectivity index (χ2n) is 8.95. The van der Waals surface area contributed by atoms with Crippen LogP contribution in [0.3, 0.4) is 0 Å². The molecule has 2 amide bonds. The first-order chi connectivity index (χ1) is 15.5. The quantitative estimate of drug-likeness (QED) is 0.759. The monoisotopic (exact) mass is 434 g/mol. The summed E-state index contributed by atoms with van der Waals surface area (Å²) in [6, 6.07) is 15.9. The standard InChI is InChI=1S/C26H34N4O2/c1-20-9-8-12-23(21(20)2)27-24(31)19-28-15-17-29(18-16-28)25(22-10-4-3-5-11-22)26(32)30-13-6-7-14-30/h3-5,8-12,25H,6-7,13-19H2,1-2H3,(H,27,31). The highest BCUT2D eigenvalue weighted by atomic mass is 16.2. The number of carbonyl (C=O) groups excluding carboxylic acids is 2. The van der Waals surface area contributed by atoms with Gasteiger partial charge in [0.05, 0.1) is 6.54 Å². The van der Waals surface area contributed by atoms with Crippen LogP contribution in [0.15, 0.2) is 48.5 Å². The Morgan fingerprint density at radius 2 is 1.56 bits per heavy atom. The second-order valence-corrected chi connectivity index (χ2v) is 8.95. The van der Waals surface area contributed by atoms with Crippen LogP contribution < -0.4 is 5.32 Å². The predicted molar refractivity (Wildman–Crippen MR) is 128 cm³/mol. The summed E-state index contributed by atoms with van der Waals surface area (Å²) < 4.78 is 0. The van der Waals surface area contributed by atoms with Gasteiger partial charge in [0.2, 0.25) is 11.8 Å². The van der Waals surface area contributed by atoms with Gasteiger partial charge in [-0.25, -0.2) is 0 Å². The maximum Gasteiger partial charge on any atom is 0.244 e. The summed E-state index contributed by atoms with van der Waals surface area (Å²) in [4.78, 5) is 32.5. The van der Waals surface area contributed by atoms with Gasteiger partial charge in [0.15, 0.2) is 0 Å². The number of benzene rings is 2. The highest BCUT2D eigenvalue weighted by Gasteiger charge is 2.34. The molecule has 0 bridgehead atoms. The van der Waals surface area contributed by atoms with Crippen molar-refractivity contribution in [3.63, 3.8) is 0 Å². The zero-order chi connectivity index (χ0) is 22.5. The van der Waals surface area contributed by atoms with Crippen LogP contribution in [-0.2, 0) is 9.59 Å². The van der Waals surface area contributed by atoms with Gasteiger partial charge in [-0.3, -0.25) is 19.4 Å². The molecular formula is C26H34N4O2. The van der Waals surface area contributed by atoms with Crippen LogP contribution in [-0.4, -0.2) is 72.3 Å². The molecule has 6 heteroatoms. The lowest BCUT2D eigenvalue weighted by atomic mass is 10.0. The first kappa shape index (κ1) is 22.5. The third kappa shape index (κ3) is 5.19. The summed E-state index contributed by atoms with van der Waals surface area (Å²) in [6.45, 7) is 9.28. The van der Waals surface area contributed by atoms with Crippen molar-refractivity contribution in [2.45, 2.75) is 32.7 Å². The van der Waals surface area contributed by atoms with E-state index in [1.807, 2.05) is 42.2 Å². The summed E-state index contributed by atoms with van der Waals surface area (Å²) in [5, 5.41) is 3.06. The van der Waals surface area contributed by atoms with Gasteiger partial charge in [-0.05, 0) is 49.4 Å². The minimum absolute atomic E-state index is 0.0138. The molecule has 0 saturated carbocycles. The van der Waals surface area contributed by atoms with E-state index >= 15 is 0 Å². The van der Waals surface area contributed by atoms with E-state index in [1.54, 1.807) is 0 Å². The van der Waals surface area contributed by atoms with Crippen LogP contribution >= 0.6 is 0 Å². The van der Waals surface area contributed by atoms with Crippen molar-refractivity contribution >= 4 is 17.5 Å². The van der Waals surface area contributed by atoms with Gasteiger partial charge in [-0.2, -0.15) is 0 Å². The minimum atomic E-state index is -0.236. The topological polar surface area (TPSA) is 55.9 Å². The Kier molecular flexibility index (Phi) is 7.22. The van der Waals surface area contributed by atoms with Crippen LogP contribution in [0.25, 0.3) is 0 Å². The number of hydrogen-bond acceptors (Lipinski definition) is 4. The molecule has 2 fully saturated rings. The van der Waals surface area contributed by atoms with E-state index in [-0.39, 0.29) is 17.9 Å². The molecule has 4 rings (SSSR count). The number of hydrogen-bond donors (Lipinski definition) is 1. The molecule has 0 aromatic heterocycles. The molecule has 2 aliphatic rings. The predicted octanol–water partition coefficient (Wildman–Crippen LogP) is 3.22. The summed E-state index contributed by atoms with van der Waals surface area (Å²) in [5.41, 5.74) is 4.22. The van der Waals surface area contributed by atoms with Gasteiger partial charge in [0.1, 0.15) is 6.04 Å². The molecule has 1 N–H and O–H groups in total. The first-order valence-corrected chi connectivity index (χ1v) is 11.7.